The number of nitrogens with zero attached hydrogens (tertiary/aromatic N) is 2. The van der Waals surface area contributed by atoms with Crippen molar-refractivity contribution in [2.45, 2.75) is 18.9 Å². The summed E-state index contributed by atoms with van der Waals surface area (Å²) in [7, 11) is 1.63. The second kappa shape index (κ2) is 5.00. The van der Waals surface area contributed by atoms with Crippen LogP contribution in [0.25, 0.3) is 10.8 Å². The van der Waals surface area contributed by atoms with Crippen LogP contribution >= 0.6 is 0 Å². The maximum Gasteiger partial charge on any atom is 0.323 e. The van der Waals surface area contributed by atoms with Crippen molar-refractivity contribution in [2.24, 2.45) is 0 Å². The van der Waals surface area contributed by atoms with Crippen LogP contribution in [0.3, 0.4) is 0 Å². The van der Waals surface area contributed by atoms with Gasteiger partial charge in [0.1, 0.15) is 18.1 Å². The molecule has 1 aliphatic rings. The molecule has 1 saturated carbocycles. The lowest BCUT2D eigenvalue weighted by Crippen LogP contribution is -2.32. The highest BCUT2D eigenvalue weighted by Crippen LogP contribution is 2.35. The van der Waals surface area contributed by atoms with Crippen LogP contribution in [-0.4, -0.2) is 35.8 Å². The number of rotatable bonds is 5. The Morgan fingerprint density at radius 2 is 2.25 bits per heavy atom. The molecule has 1 fully saturated rings. The van der Waals surface area contributed by atoms with E-state index < -0.39 is 5.97 Å². The molecule has 1 aromatic heterocycles. The minimum absolute atomic E-state index is 0.0111. The maximum absolute atomic E-state index is 11.1. The van der Waals surface area contributed by atoms with Crippen LogP contribution in [0.5, 0.6) is 5.75 Å². The number of aliphatic carboxylic acids is 1. The third-order valence-electron chi connectivity index (χ3n) is 3.52. The molecule has 0 aliphatic heterocycles. The summed E-state index contributed by atoms with van der Waals surface area (Å²) < 4.78 is 5.22. The van der Waals surface area contributed by atoms with Gasteiger partial charge in [-0.25, -0.2) is 4.98 Å². The van der Waals surface area contributed by atoms with Gasteiger partial charge in [0.2, 0.25) is 0 Å². The van der Waals surface area contributed by atoms with E-state index in [9.17, 15) is 4.79 Å². The van der Waals surface area contributed by atoms with Gasteiger partial charge in [0, 0.05) is 17.6 Å². The van der Waals surface area contributed by atoms with Crippen LogP contribution in [0.1, 0.15) is 12.8 Å². The van der Waals surface area contributed by atoms with E-state index in [0.29, 0.717) is 6.04 Å². The predicted octanol–water partition coefficient (Wildman–Crippen LogP) is 2.30. The Morgan fingerprint density at radius 1 is 1.45 bits per heavy atom. The molecule has 1 heterocycles. The molecule has 0 spiro atoms. The molecular formula is C15H16N2O3. The maximum atomic E-state index is 11.1. The van der Waals surface area contributed by atoms with Gasteiger partial charge < -0.3 is 14.7 Å². The van der Waals surface area contributed by atoms with Gasteiger partial charge in [-0.15, -0.1) is 0 Å². The van der Waals surface area contributed by atoms with Gasteiger partial charge in [0.25, 0.3) is 0 Å². The first-order valence-corrected chi connectivity index (χ1v) is 6.60. The monoisotopic (exact) mass is 272 g/mol. The molecule has 1 N–H and O–H groups in total. The first-order chi connectivity index (χ1) is 9.69. The second-order valence-electron chi connectivity index (χ2n) is 4.97. The molecule has 0 amide bonds. The fourth-order valence-corrected chi connectivity index (χ4v) is 2.40. The fraction of sp³-hybridized carbons (Fsp3) is 0.333. The highest BCUT2D eigenvalue weighted by molar-refractivity contribution is 5.94. The number of carbonyl (C=O) groups is 1. The van der Waals surface area contributed by atoms with Crippen molar-refractivity contribution >= 4 is 22.6 Å². The molecule has 3 rings (SSSR count). The zero-order chi connectivity index (χ0) is 14.1. The molecular weight excluding hydrogens is 256 g/mol. The fourth-order valence-electron chi connectivity index (χ4n) is 2.40. The Bertz CT molecular complexity index is 653. The summed E-state index contributed by atoms with van der Waals surface area (Å²) >= 11 is 0. The molecule has 0 saturated heterocycles. The van der Waals surface area contributed by atoms with Crippen molar-refractivity contribution in [3.63, 3.8) is 0 Å². The summed E-state index contributed by atoms with van der Waals surface area (Å²) in [6.45, 7) is -0.0111. The number of pyridine rings is 1. The predicted molar refractivity (Wildman–Crippen MR) is 76.3 cm³/mol. The number of aromatic nitrogens is 1. The van der Waals surface area contributed by atoms with Crippen LogP contribution in [-0.2, 0) is 4.79 Å². The summed E-state index contributed by atoms with van der Waals surface area (Å²) in [5, 5.41) is 11.1. The van der Waals surface area contributed by atoms with Crippen molar-refractivity contribution in [1.29, 1.82) is 0 Å². The first kappa shape index (κ1) is 12.7. The molecule has 5 nitrogen and oxygen atoms in total. The lowest BCUT2D eigenvalue weighted by Gasteiger charge is -2.22. The number of hydrogen-bond donors (Lipinski definition) is 1. The molecule has 0 radical (unpaired) electrons. The van der Waals surface area contributed by atoms with Crippen molar-refractivity contribution in [1.82, 2.24) is 4.98 Å². The number of ether oxygens (including phenoxy) is 1. The van der Waals surface area contributed by atoms with Crippen LogP contribution < -0.4 is 9.64 Å². The Hall–Kier alpha value is -2.30. The van der Waals surface area contributed by atoms with Crippen molar-refractivity contribution < 1.29 is 14.6 Å². The van der Waals surface area contributed by atoms with Crippen LogP contribution in [0.15, 0.2) is 30.5 Å². The standard InChI is InChI=1S/C15H16N2O3/c1-20-12-4-5-13-10(8-12)6-7-16-15(13)17(9-14(18)19)11-2-3-11/h4-8,11H,2-3,9H2,1H3,(H,18,19). The lowest BCUT2D eigenvalue weighted by atomic mass is 10.1. The number of anilines is 1. The molecule has 5 heteroatoms. The number of methoxy groups -OCH3 is 1. The highest BCUT2D eigenvalue weighted by atomic mass is 16.5. The third kappa shape index (κ3) is 2.39. The number of carboxylic acids is 1. The zero-order valence-electron chi connectivity index (χ0n) is 11.2. The van der Waals surface area contributed by atoms with Gasteiger partial charge in [-0.05, 0) is 42.5 Å². The summed E-state index contributed by atoms with van der Waals surface area (Å²) in [6, 6.07) is 7.96. The summed E-state index contributed by atoms with van der Waals surface area (Å²) in [5.74, 6) is 0.699. The minimum Gasteiger partial charge on any atom is -0.497 e. The van der Waals surface area contributed by atoms with Gasteiger partial charge in [0.15, 0.2) is 0 Å². The van der Waals surface area contributed by atoms with Crippen LogP contribution in [0.4, 0.5) is 5.82 Å². The smallest absolute Gasteiger partial charge is 0.323 e. The van der Waals surface area contributed by atoms with E-state index in [1.807, 2.05) is 29.2 Å². The molecule has 0 bridgehead atoms. The minimum atomic E-state index is -0.829. The number of fused-ring (bicyclic) bond motifs is 1. The van der Waals surface area contributed by atoms with Crippen molar-refractivity contribution in [3.05, 3.63) is 30.5 Å². The molecule has 0 atom stereocenters. The van der Waals surface area contributed by atoms with E-state index in [1.54, 1.807) is 13.3 Å². The number of carboxylic acid groups (broad SMARTS) is 1. The molecule has 2 aromatic rings. The zero-order valence-corrected chi connectivity index (χ0v) is 11.2. The summed E-state index contributed by atoms with van der Waals surface area (Å²) in [6.07, 6.45) is 3.78. The van der Waals surface area contributed by atoms with Crippen LogP contribution in [0.2, 0.25) is 0 Å². The van der Waals surface area contributed by atoms with Crippen LogP contribution in [0, 0.1) is 0 Å². The van der Waals surface area contributed by atoms with Gasteiger partial charge in [-0.1, -0.05) is 0 Å². The van der Waals surface area contributed by atoms with Crippen molar-refractivity contribution in [2.75, 3.05) is 18.6 Å². The van der Waals surface area contributed by atoms with E-state index in [4.69, 9.17) is 9.84 Å². The number of hydrogen-bond acceptors (Lipinski definition) is 4. The topological polar surface area (TPSA) is 62.7 Å². The Morgan fingerprint density at radius 3 is 2.90 bits per heavy atom. The Labute approximate surface area is 116 Å². The average molecular weight is 272 g/mol. The largest absolute Gasteiger partial charge is 0.497 e. The second-order valence-corrected chi connectivity index (χ2v) is 4.97. The molecule has 1 aromatic carbocycles. The van der Waals surface area contributed by atoms with Gasteiger partial charge in [-0.3, -0.25) is 4.79 Å². The van der Waals surface area contributed by atoms with E-state index in [0.717, 1.165) is 35.2 Å². The SMILES string of the molecule is COc1ccc2c(N(CC(=O)O)C3CC3)nccc2c1. The quantitative estimate of drug-likeness (QED) is 0.904. The molecule has 104 valence electrons. The number of benzene rings is 1. The van der Waals surface area contributed by atoms with Crippen molar-refractivity contribution in [3.8, 4) is 5.75 Å². The molecule has 0 unspecified atom stereocenters. The highest BCUT2D eigenvalue weighted by Gasteiger charge is 2.32. The van der Waals surface area contributed by atoms with E-state index in [1.165, 1.54) is 0 Å². The first-order valence-electron chi connectivity index (χ1n) is 6.60. The Balaban J connectivity index is 2.07. The summed E-state index contributed by atoms with van der Waals surface area (Å²) in [4.78, 5) is 17.3. The molecule has 20 heavy (non-hydrogen) atoms. The molecule has 1 aliphatic carbocycles. The summed E-state index contributed by atoms with van der Waals surface area (Å²) in [5.41, 5.74) is 0. The average Bonchev–Trinajstić information content (AvgIpc) is 3.28. The third-order valence-corrected chi connectivity index (χ3v) is 3.52. The van der Waals surface area contributed by atoms with E-state index in [-0.39, 0.29) is 6.54 Å². The Kier molecular flexibility index (Phi) is 3.18. The van der Waals surface area contributed by atoms with E-state index >= 15 is 0 Å². The van der Waals surface area contributed by atoms with Gasteiger partial charge in [0.05, 0.1) is 7.11 Å². The van der Waals surface area contributed by atoms with E-state index in [2.05, 4.69) is 4.98 Å². The lowest BCUT2D eigenvalue weighted by molar-refractivity contribution is -0.135. The van der Waals surface area contributed by atoms with Gasteiger partial charge in [-0.2, -0.15) is 0 Å². The normalized spacial score (nSPS) is 14.2. The van der Waals surface area contributed by atoms with Gasteiger partial charge >= 0.3 is 5.97 Å².